The Bertz CT molecular complexity index is 2910. The van der Waals surface area contributed by atoms with Crippen LogP contribution in [0.15, 0.2) is 127 Å². The molecule has 20 heteroatoms. The molecule has 8 N–H and O–H groups in total. The number of nitrogens with two attached hydrogens (primary N) is 4. The smallest absolute Gasteiger partial charge is 0.493 e. The predicted octanol–water partition coefficient (Wildman–Crippen LogP) is 9.53. The van der Waals surface area contributed by atoms with Crippen molar-refractivity contribution < 1.29 is 73.9 Å². The second-order valence-corrected chi connectivity index (χ2v) is 15.1. The van der Waals surface area contributed by atoms with Crippen LogP contribution in [0.1, 0.15) is 49.4 Å². The number of aryl methyl sites for hydroxylation is 1. The van der Waals surface area contributed by atoms with Gasteiger partial charge in [-0.05, 0) is 108 Å². The molecule has 14 nitrogen and oxygen atoms in total. The zero-order valence-electron chi connectivity index (χ0n) is 37.2. The number of halogens is 6. The lowest BCUT2D eigenvalue weighted by molar-refractivity contribution is -0.275. The van der Waals surface area contributed by atoms with E-state index in [1.807, 2.05) is 0 Å². The predicted molar refractivity (Wildman–Crippen MR) is 247 cm³/mol. The normalized spacial score (nSPS) is 11.8. The molecular formula is C50H44F6N4O10. The summed E-state index contributed by atoms with van der Waals surface area (Å²) >= 11 is 0. The van der Waals surface area contributed by atoms with Crippen molar-refractivity contribution in [2.24, 2.45) is 0 Å². The molecule has 0 aliphatic carbocycles. The summed E-state index contributed by atoms with van der Waals surface area (Å²) in [7, 11) is 2.27. The number of hydrogen-bond donors (Lipinski definition) is 4. The fourth-order valence-electron chi connectivity index (χ4n) is 6.96. The molecule has 70 heavy (non-hydrogen) atoms. The first-order valence-corrected chi connectivity index (χ1v) is 20.9. The summed E-state index contributed by atoms with van der Waals surface area (Å²) < 4.78 is 114. The number of carbonyl (C=O) groups is 3. The lowest BCUT2D eigenvalue weighted by Gasteiger charge is -2.20. The summed E-state index contributed by atoms with van der Waals surface area (Å²) in [5.41, 5.74) is 27.6. The first-order valence-electron chi connectivity index (χ1n) is 20.9. The molecular weight excluding hydrogens is 931 g/mol. The third kappa shape index (κ3) is 13.5. The minimum atomic E-state index is -5.03. The molecule has 6 rings (SSSR count). The monoisotopic (exact) mass is 974 g/mol. The van der Waals surface area contributed by atoms with Crippen LogP contribution < -0.4 is 51.4 Å². The highest BCUT2D eigenvalue weighted by Gasteiger charge is 2.33. The van der Waals surface area contributed by atoms with Gasteiger partial charge in [0, 0.05) is 45.9 Å². The van der Waals surface area contributed by atoms with E-state index in [9.17, 15) is 40.7 Å². The minimum absolute atomic E-state index is 0.0288. The second-order valence-electron chi connectivity index (χ2n) is 15.1. The Hall–Kier alpha value is -8.55. The van der Waals surface area contributed by atoms with E-state index in [1.165, 1.54) is 43.5 Å². The minimum Gasteiger partial charge on any atom is -0.493 e. The maximum atomic E-state index is 14.6. The molecule has 0 spiro atoms. The highest BCUT2D eigenvalue weighted by Crippen LogP contribution is 2.39. The van der Waals surface area contributed by atoms with Crippen molar-refractivity contribution in [3.63, 3.8) is 0 Å². The molecule has 0 saturated carbocycles. The van der Waals surface area contributed by atoms with Crippen LogP contribution in [-0.2, 0) is 22.4 Å². The average Bonchev–Trinajstić information content (AvgIpc) is 3.30. The quantitative estimate of drug-likeness (QED) is 0.0207. The van der Waals surface area contributed by atoms with Crippen molar-refractivity contribution in [2.45, 2.75) is 31.8 Å². The molecule has 0 heterocycles. The Morgan fingerprint density at radius 2 is 1.10 bits per heavy atom. The summed E-state index contributed by atoms with van der Waals surface area (Å²) in [6, 6.07) is 28.2. The fraction of sp³-hybridized carbons (Fsp3) is 0.180. The number of esters is 3. The molecule has 0 aliphatic heterocycles. The van der Waals surface area contributed by atoms with E-state index in [0.29, 0.717) is 39.4 Å². The number of alkyl halides is 6. The van der Waals surface area contributed by atoms with Gasteiger partial charge >= 0.3 is 30.4 Å². The standard InChI is InChI=1S/C50H44F6N4O10/c1-64-43-23-32(12-19-41(43)67-27-49(51,52)53)47(62)69-40-6-4-3-5-36(40)45(30-9-16-35(17-10-30)68-46(61)31-13-20-42(44(24-31)65-2)70-50(54,55)56)37(18-11-28-7-14-33(57)25-38(28)59)48(63)66-22-21-29-8-15-34(58)26-39(29)60/h3-10,12-17,19-20,23-26H,11,18,21-22,27,57-60H2,1-2H3/b45-37-. The third-order valence-electron chi connectivity index (χ3n) is 10.3. The maximum absolute atomic E-state index is 14.6. The molecule has 0 fully saturated rings. The van der Waals surface area contributed by atoms with E-state index >= 15 is 0 Å². The highest BCUT2D eigenvalue weighted by molar-refractivity contribution is 6.03. The van der Waals surface area contributed by atoms with E-state index in [4.69, 9.17) is 51.4 Å². The Labute approximate surface area is 396 Å². The lowest BCUT2D eigenvalue weighted by atomic mass is 9.89. The van der Waals surface area contributed by atoms with Crippen LogP contribution in [0.25, 0.3) is 5.57 Å². The zero-order valence-corrected chi connectivity index (χ0v) is 37.2. The van der Waals surface area contributed by atoms with Gasteiger partial charge in [0.1, 0.15) is 11.5 Å². The largest absolute Gasteiger partial charge is 0.573 e. The summed E-state index contributed by atoms with van der Waals surface area (Å²) in [5.74, 6) is -4.38. The molecule has 0 amide bonds. The molecule has 6 aromatic rings. The number of nitrogen functional groups attached to an aromatic ring is 4. The summed E-state index contributed by atoms with van der Waals surface area (Å²) in [4.78, 5) is 41.7. The molecule has 0 saturated heterocycles. The van der Waals surface area contributed by atoms with Gasteiger partial charge in [-0.2, -0.15) is 13.2 Å². The molecule has 366 valence electrons. The average molecular weight is 975 g/mol. The second kappa shape index (κ2) is 22.0. The van der Waals surface area contributed by atoms with Crippen LogP contribution in [0.4, 0.5) is 49.1 Å². The van der Waals surface area contributed by atoms with Crippen molar-refractivity contribution in [3.05, 3.63) is 160 Å². The number of anilines is 4. The topological polar surface area (TPSA) is 220 Å². The Morgan fingerprint density at radius 3 is 1.67 bits per heavy atom. The van der Waals surface area contributed by atoms with Gasteiger partial charge in [-0.25, -0.2) is 14.4 Å². The SMILES string of the molecule is COc1cc(C(=O)Oc2ccccc2/C(=C(/CCc2ccc(N)cc2N)C(=O)OCCc2ccc(N)cc2N)c2ccc(OC(=O)c3ccc(OC(F)(F)F)c(OC)c3)cc2)ccc1OCC(F)(F)F. The fourth-order valence-corrected chi connectivity index (χ4v) is 6.96. The van der Waals surface area contributed by atoms with Gasteiger partial charge in [0.15, 0.2) is 29.6 Å². The third-order valence-corrected chi connectivity index (χ3v) is 10.3. The van der Waals surface area contributed by atoms with Gasteiger partial charge in [0.2, 0.25) is 0 Å². The number of para-hydroxylation sites is 1. The van der Waals surface area contributed by atoms with Crippen LogP contribution in [0, 0.1) is 0 Å². The van der Waals surface area contributed by atoms with Gasteiger partial charge in [0.25, 0.3) is 0 Å². The van der Waals surface area contributed by atoms with E-state index in [0.717, 1.165) is 37.4 Å². The van der Waals surface area contributed by atoms with E-state index in [1.54, 1.807) is 54.6 Å². The molecule has 0 atom stereocenters. The molecule has 0 aromatic heterocycles. The van der Waals surface area contributed by atoms with Crippen LogP contribution in [0.3, 0.4) is 0 Å². The van der Waals surface area contributed by atoms with Crippen molar-refractivity contribution in [3.8, 4) is 34.5 Å². The Balaban J connectivity index is 1.42. The van der Waals surface area contributed by atoms with E-state index in [-0.39, 0.29) is 82.5 Å². The van der Waals surface area contributed by atoms with Crippen molar-refractivity contribution >= 4 is 46.2 Å². The van der Waals surface area contributed by atoms with Gasteiger partial charge < -0.3 is 56.1 Å². The summed E-state index contributed by atoms with van der Waals surface area (Å²) in [6.07, 6.45) is -9.34. The molecule has 0 bridgehead atoms. The van der Waals surface area contributed by atoms with E-state index in [2.05, 4.69) is 4.74 Å². The zero-order chi connectivity index (χ0) is 50.8. The highest BCUT2D eigenvalue weighted by atomic mass is 19.4. The molecule has 0 aliphatic rings. The molecule has 0 radical (unpaired) electrons. The van der Waals surface area contributed by atoms with Crippen molar-refractivity contribution in [2.75, 3.05) is 50.4 Å². The summed E-state index contributed by atoms with van der Waals surface area (Å²) in [6.45, 7) is -1.75. The van der Waals surface area contributed by atoms with Crippen LogP contribution in [0.2, 0.25) is 0 Å². The molecule has 0 unspecified atom stereocenters. The number of rotatable bonds is 18. The van der Waals surface area contributed by atoms with Crippen molar-refractivity contribution in [1.82, 2.24) is 0 Å². The van der Waals surface area contributed by atoms with Gasteiger partial charge in [-0.3, -0.25) is 0 Å². The van der Waals surface area contributed by atoms with Gasteiger partial charge in [-0.1, -0.05) is 42.5 Å². The first kappa shape index (κ1) is 50.9. The maximum Gasteiger partial charge on any atom is 0.573 e. The Kier molecular flexibility index (Phi) is 16.0. The van der Waals surface area contributed by atoms with Crippen LogP contribution in [0.5, 0.6) is 34.5 Å². The van der Waals surface area contributed by atoms with Gasteiger partial charge in [-0.15, -0.1) is 13.2 Å². The van der Waals surface area contributed by atoms with Gasteiger partial charge in [0.05, 0.1) is 32.0 Å². The van der Waals surface area contributed by atoms with Crippen LogP contribution >= 0.6 is 0 Å². The first-order chi connectivity index (χ1) is 33.2. The Morgan fingerprint density at radius 1 is 0.557 bits per heavy atom. The number of ether oxygens (including phenoxy) is 7. The number of methoxy groups -OCH3 is 2. The lowest BCUT2D eigenvalue weighted by Crippen LogP contribution is -2.19. The number of carbonyl (C=O) groups excluding carboxylic acids is 3. The van der Waals surface area contributed by atoms with Crippen molar-refractivity contribution in [1.29, 1.82) is 0 Å². The van der Waals surface area contributed by atoms with Crippen LogP contribution in [-0.4, -0.2) is 57.9 Å². The van der Waals surface area contributed by atoms with E-state index < -0.39 is 42.8 Å². The molecule has 6 aromatic carbocycles. The number of hydrogen-bond acceptors (Lipinski definition) is 14. The number of benzene rings is 6. The summed E-state index contributed by atoms with van der Waals surface area (Å²) in [5, 5.41) is 0.